The van der Waals surface area contributed by atoms with Crippen LogP contribution in [0.3, 0.4) is 0 Å². The van der Waals surface area contributed by atoms with Gasteiger partial charge in [0.1, 0.15) is 5.60 Å². The standard InChI is InChI=1S/C14H23N3O3/c1-5-12(18)15-10-6-16(7-10)11-8-17(9-11)13(19)20-14(2,3)4/h5,10-11H,1,6-9H2,2-4H3,(H,15,18). The van der Waals surface area contributed by atoms with Crippen molar-refractivity contribution in [3.8, 4) is 0 Å². The van der Waals surface area contributed by atoms with E-state index >= 15 is 0 Å². The van der Waals surface area contributed by atoms with Gasteiger partial charge in [-0.05, 0) is 26.8 Å². The Labute approximate surface area is 119 Å². The van der Waals surface area contributed by atoms with Gasteiger partial charge in [0, 0.05) is 32.2 Å². The highest BCUT2D eigenvalue weighted by atomic mass is 16.6. The van der Waals surface area contributed by atoms with Gasteiger partial charge in [0.25, 0.3) is 0 Å². The summed E-state index contributed by atoms with van der Waals surface area (Å²) in [4.78, 5) is 26.9. The molecule has 2 fully saturated rings. The van der Waals surface area contributed by atoms with Gasteiger partial charge in [0.15, 0.2) is 0 Å². The van der Waals surface area contributed by atoms with Crippen LogP contribution in [-0.2, 0) is 9.53 Å². The number of rotatable bonds is 3. The molecule has 0 spiro atoms. The van der Waals surface area contributed by atoms with Crippen molar-refractivity contribution in [3.05, 3.63) is 12.7 Å². The second kappa shape index (κ2) is 5.44. The first-order chi connectivity index (χ1) is 9.28. The first-order valence-corrected chi connectivity index (χ1v) is 6.93. The fourth-order valence-electron chi connectivity index (χ4n) is 2.32. The Morgan fingerprint density at radius 2 is 1.85 bits per heavy atom. The number of likely N-dealkylation sites (tertiary alicyclic amines) is 2. The highest BCUT2D eigenvalue weighted by Crippen LogP contribution is 2.22. The van der Waals surface area contributed by atoms with E-state index in [0.29, 0.717) is 19.1 Å². The van der Waals surface area contributed by atoms with Crippen molar-refractivity contribution in [1.82, 2.24) is 15.1 Å². The number of carbonyl (C=O) groups is 2. The van der Waals surface area contributed by atoms with Crippen LogP contribution in [0.2, 0.25) is 0 Å². The molecule has 0 radical (unpaired) electrons. The summed E-state index contributed by atoms with van der Waals surface area (Å²) in [6.07, 6.45) is 1.04. The minimum Gasteiger partial charge on any atom is -0.444 e. The zero-order chi connectivity index (χ0) is 14.9. The third kappa shape index (κ3) is 3.50. The van der Waals surface area contributed by atoms with Gasteiger partial charge in [-0.2, -0.15) is 0 Å². The van der Waals surface area contributed by atoms with E-state index in [1.165, 1.54) is 6.08 Å². The first-order valence-electron chi connectivity index (χ1n) is 6.93. The normalized spacial score (nSPS) is 20.9. The average molecular weight is 281 g/mol. The summed E-state index contributed by atoms with van der Waals surface area (Å²) in [7, 11) is 0. The van der Waals surface area contributed by atoms with Gasteiger partial charge in [-0.3, -0.25) is 9.69 Å². The second-order valence-corrected chi connectivity index (χ2v) is 6.40. The van der Waals surface area contributed by atoms with Crippen molar-refractivity contribution in [2.75, 3.05) is 26.2 Å². The number of nitrogens with one attached hydrogen (secondary N) is 1. The van der Waals surface area contributed by atoms with Crippen molar-refractivity contribution in [3.63, 3.8) is 0 Å². The first kappa shape index (κ1) is 14.8. The van der Waals surface area contributed by atoms with Crippen LogP contribution < -0.4 is 5.32 Å². The van der Waals surface area contributed by atoms with E-state index in [0.717, 1.165) is 13.1 Å². The molecule has 2 aliphatic heterocycles. The average Bonchev–Trinajstić information content (AvgIpc) is 2.20. The molecule has 2 rings (SSSR count). The largest absolute Gasteiger partial charge is 0.444 e. The Balaban J connectivity index is 1.65. The summed E-state index contributed by atoms with van der Waals surface area (Å²) in [5.74, 6) is -0.126. The Morgan fingerprint density at radius 1 is 1.25 bits per heavy atom. The Kier molecular flexibility index (Phi) is 4.04. The third-order valence-electron chi connectivity index (χ3n) is 3.47. The molecule has 6 nitrogen and oxygen atoms in total. The molecule has 0 unspecified atom stereocenters. The van der Waals surface area contributed by atoms with E-state index < -0.39 is 5.60 Å². The third-order valence-corrected chi connectivity index (χ3v) is 3.47. The summed E-state index contributed by atoms with van der Waals surface area (Å²) < 4.78 is 5.31. The molecular weight excluding hydrogens is 258 g/mol. The summed E-state index contributed by atoms with van der Waals surface area (Å²) in [5.41, 5.74) is -0.445. The highest BCUT2D eigenvalue weighted by Gasteiger charge is 2.41. The molecule has 2 saturated heterocycles. The molecular formula is C14H23N3O3. The molecule has 0 aromatic carbocycles. The van der Waals surface area contributed by atoms with Gasteiger partial charge >= 0.3 is 6.09 Å². The van der Waals surface area contributed by atoms with E-state index in [9.17, 15) is 9.59 Å². The predicted molar refractivity (Wildman–Crippen MR) is 75.3 cm³/mol. The molecule has 0 aromatic rings. The molecule has 0 aliphatic carbocycles. The zero-order valence-corrected chi connectivity index (χ0v) is 12.4. The number of hydrogen-bond donors (Lipinski definition) is 1. The maximum atomic E-state index is 11.8. The summed E-state index contributed by atoms with van der Waals surface area (Å²) in [5, 5.41) is 2.86. The lowest BCUT2D eigenvalue weighted by atomic mass is 10.00. The maximum Gasteiger partial charge on any atom is 0.410 e. The summed E-state index contributed by atoms with van der Waals surface area (Å²) >= 11 is 0. The molecule has 20 heavy (non-hydrogen) atoms. The monoisotopic (exact) mass is 281 g/mol. The minimum absolute atomic E-state index is 0.126. The molecule has 0 bridgehead atoms. The van der Waals surface area contributed by atoms with Crippen LogP contribution in [0.5, 0.6) is 0 Å². The minimum atomic E-state index is -0.445. The van der Waals surface area contributed by atoms with Crippen LogP contribution >= 0.6 is 0 Å². The van der Waals surface area contributed by atoms with Crippen LogP contribution in [0.25, 0.3) is 0 Å². The second-order valence-electron chi connectivity index (χ2n) is 6.40. The number of carbonyl (C=O) groups excluding carboxylic acids is 2. The maximum absolute atomic E-state index is 11.8. The highest BCUT2D eigenvalue weighted by molar-refractivity contribution is 5.87. The van der Waals surface area contributed by atoms with Crippen molar-refractivity contribution in [2.45, 2.75) is 38.5 Å². The van der Waals surface area contributed by atoms with Gasteiger partial charge < -0.3 is 15.0 Å². The molecule has 2 amide bonds. The molecule has 1 N–H and O–H groups in total. The molecule has 6 heteroatoms. The Bertz CT molecular complexity index is 404. The lowest BCUT2D eigenvalue weighted by Gasteiger charge is -2.51. The van der Waals surface area contributed by atoms with E-state index in [1.54, 1.807) is 4.90 Å². The molecule has 2 heterocycles. The van der Waals surface area contributed by atoms with Crippen LogP contribution in [0.4, 0.5) is 4.79 Å². The summed E-state index contributed by atoms with van der Waals surface area (Å²) in [6, 6.07) is 0.593. The van der Waals surface area contributed by atoms with Crippen LogP contribution in [-0.4, -0.2) is 65.7 Å². The topological polar surface area (TPSA) is 61.9 Å². The number of nitrogens with zero attached hydrogens (tertiary/aromatic N) is 2. The van der Waals surface area contributed by atoms with Gasteiger partial charge in [0.05, 0.1) is 6.04 Å². The van der Waals surface area contributed by atoms with E-state index in [1.807, 2.05) is 20.8 Å². The van der Waals surface area contributed by atoms with Crippen molar-refractivity contribution in [2.24, 2.45) is 0 Å². The SMILES string of the molecule is C=CC(=O)NC1CN(C2CN(C(=O)OC(C)(C)C)C2)C1. The number of ether oxygens (including phenoxy) is 1. The van der Waals surface area contributed by atoms with Gasteiger partial charge in [-0.1, -0.05) is 6.58 Å². The van der Waals surface area contributed by atoms with Crippen LogP contribution in [0.1, 0.15) is 20.8 Å². The molecule has 2 aliphatic rings. The lowest BCUT2D eigenvalue weighted by Crippen LogP contribution is -2.70. The van der Waals surface area contributed by atoms with Crippen molar-refractivity contribution < 1.29 is 14.3 Å². The van der Waals surface area contributed by atoms with E-state index in [2.05, 4.69) is 16.8 Å². The van der Waals surface area contributed by atoms with Crippen molar-refractivity contribution in [1.29, 1.82) is 0 Å². The van der Waals surface area contributed by atoms with Crippen molar-refractivity contribution >= 4 is 12.0 Å². The predicted octanol–water partition coefficient (Wildman–Crippen LogP) is 0.592. The Hall–Kier alpha value is -1.56. The van der Waals surface area contributed by atoms with E-state index in [-0.39, 0.29) is 18.0 Å². The van der Waals surface area contributed by atoms with Gasteiger partial charge in [-0.25, -0.2) is 4.79 Å². The van der Waals surface area contributed by atoms with Crippen LogP contribution in [0, 0.1) is 0 Å². The number of amides is 2. The van der Waals surface area contributed by atoms with Gasteiger partial charge in [-0.15, -0.1) is 0 Å². The molecule has 0 saturated carbocycles. The Morgan fingerprint density at radius 3 is 2.35 bits per heavy atom. The molecule has 112 valence electrons. The quantitative estimate of drug-likeness (QED) is 0.769. The lowest BCUT2D eigenvalue weighted by molar-refractivity contribution is -0.119. The van der Waals surface area contributed by atoms with Crippen LogP contribution in [0.15, 0.2) is 12.7 Å². The molecule has 0 aromatic heterocycles. The fourth-order valence-corrected chi connectivity index (χ4v) is 2.32. The fraction of sp³-hybridized carbons (Fsp3) is 0.714. The smallest absolute Gasteiger partial charge is 0.410 e. The summed E-state index contributed by atoms with van der Waals surface area (Å²) in [6.45, 7) is 12.1. The zero-order valence-electron chi connectivity index (χ0n) is 12.4. The molecule has 0 atom stereocenters. The number of hydrogen-bond acceptors (Lipinski definition) is 4. The van der Waals surface area contributed by atoms with Gasteiger partial charge in [0.2, 0.25) is 5.91 Å². The van der Waals surface area contributed by atoms with E-state index in [4.69, 9.17) is 4.74 Å².